The van der Waals surface area contributed by atoms with Crippen molar-refractivity contribution in [2.24, 2.45) is 11.8 Å². The number of hydrogen-bond donors (Lipinski definition) is 1. The number of furan rings is 1. The van der Waals surface area contributed by atoms with Gasteiger partial charge in [0.1, 0.15) is 11.2 Å². The van der Waals surface area contributed by atoms with Gasteiger partial charge in [0.2, 0.25) is 0 Å². The van der Waals surface area contributed by atoms with Crippen molar-refractivity contribution < 1.29 is 4.42 Å². The van der Waals surface area contributed by atoms with Crippen molar-refractivity contribution in [3.63, 3.8) is 0 Å². The van der Waals surface area contributed by atoms with E-state index in [1.54, 1.807) is 0 Å². The molecule has 2 bridgehead atoms. The Labute approximate surface area is 124 Å². The third-order valence-corrected chi connectivity index (χ3v) is 5.47. The molecular weight excluding hydrogens is 258 g/mol. The van der Waals surface area contributed by atoms with E-state index < -0.39 is 0 Å². The van der Waals surface area contributed by atoms with E-state index in [-0.39, 0.29) is 0 Å². The molecule has 0 radical (unpaired) electrons. The molecule has 0 saturated heterocycles. The van der Waals surface area contributed by atoms with Gasteiger partial charge in [-0.25, -0.2) is 0 Å². The molecule has 0 amide bonds. The third kappa shape index (κ3) is 1.78. The van der Waals surface area contributed by atoms with Crippen molar-refractivity contribution in [3.05, 3.63) is 42.5 Å². The first kappa shape index (κ1) is 11.7. The van der Waals surface area contributed by atoms with Gasteiger partial charge in [0.05, 0.1) is 0 Å². The van der Waals surface area contributed by atoms with Crippen LogP contribution in [0.3, 0.4) is 0 Å². The van der Waals surface area contributed by atoms with Gasteiger partial charge in [-0.3, -0.25) is 0 Å². The molecule has 2 nitrogen and oxygen atoms in total. The minimum Gasteiger partial charge on any atom is -0.456 e. The summed E-state index contributed by atoms with van der Waals surface area (Å²) < 4.78 is 5.90. The van der Waals surface area contributed by atoms with Crippen LogP contribution in [-0.4, -0.2) is 6.04 Å². The predicted molar refractivity (Wildman–Crippen MR) is 86.6 cm³/mol. The van der Waals surface area contributed by atoms with Gasteiger partial charge >= 0.3 is 0 Å². The van der Waals surface area contributed by atoms with Crippen LogP contribution in [0, 0.1) is 11.8 Å². The standard InChI is InChI=1S/C19H19NO/c1-2-4-18-15(3-1)16-11-14(7-8-19(16)21-18)20-17-10-12-5-6-13(17)9-12/h1-4,7-8,11-13,17,20H,5-6,9-10H2. The van der Waals surface area contributed by atoms with E-state index in [2.05, 4.69) is 35.6 Å². The molecule has 0 spiro atoms. The number of nitrogens with one attached hydrogen (secondary N) is 1. The molecule has 3 atom stereocenters. The number of para-hydroxylation sites is 1. The first-order chi connectivity index (χ1) is 10.4. The Morgan fingerprint density at radius 1 is 0.905 bits per heavy atom. The summed E-state index contributed by atoms with van der Waals surface area (Å²) in [4.78, 5) is 0. The first-order valence-electron chi connectivity index (χ1n) is 8.05. The summed E-state index contributed by atoms with van der Waals surface area (Å²) >= 11 is 0. The lowest BCUT2D eigenvalue weighted by Gasteiger charge is -2.24. The average Bonchev–Trinajstić information content (AvgIpc) is 3.20. The molecule has 2 fully saturated rings. The molecule has 1 N–H and O–H groups in total. The molecule has 3 unspecified atom stereocenters. The number of fused-ring (bicyclic) bond motifs is 5. The van der Waals surface area contributed by atoms with Gasteiger partial charge in [-0.05, 0) is 55.4 Å². The van der Waals surface area contributed by atoms with Gasteiger partial charge in [0.15, 0.2) is 0 Å². The molecule has 1 aromatic heterocycles. The molecule has 2 heteroatoms. The Balaban J connectivity index is 1.53. The lowest BCUT2D eigenvalue weighted by molar-refractivity contribution is 0.440. The molecule has 0 aliphatic heterocycles. The number of benzene rings is 2. The van der Waals surface area contributed by atoms with Crippen LogP contribution < -0.4 is 5.32 Å². The molecule has 5 rings (SSSR count). The Bertz CT molecular complexity index is 819. The quantitative estimate of drug-likeness (QED) is 0.697. The van der Waals surface area contributed by atoms with E-state index in [1.807, 2.05) is 12.1 Å². The zero-order chi connectivity index (χ0) is 13.8. The second kappa shape index (κ2) is 4.27. The second-order valence-electron chi connectivity index (χ2n) is 6.73. The molecular formula is C19H19NO. The Hall–Kier alpha value is -1.96. The van der Waals surface area contributed by atoms with Crippen LogP contribution in [0.15, 0.2) is 46.9 Å². The van der Waals surface area contributed by atoms with Crippen LogP contribution in [0.25, 0.3) is 21.9 Å². The smallest absolute Gasteiger partial charge is 0.135 e. The summed E-state index contributed by atoms with van der Waals surface area (Å²) in [5, 5.41) is 6.21. The molecule has 2 aliphatic rings. The third-order valence-electron chi connectivity index (χ3n) is 5.47. The molecule has 2 aromatic carbocycles. The zero-order valence-electron chi connectivity index (χ0n) is 12.0. The maximum absolute atomic E-state index is 5.90. The monoisotopic (exact) mass is 277 g/mol. The molecule has 2 saturated carbocycles. The highest BCUT2D eigenvalue weighted by atomic mass is 16.3. The summed E-state index contributed by atoms with van der Waals surface area (Å²) in [6, 6.07) is 15.5. The minimum atomic E-state index is 0.680. The minimum absolute atomic E-state index is 0.680. The van der Waals surface area contributed by atoms with E-state index in [9.17, 15) is 0 Å². The summed E-state index contributed by atoms with van der Waals surface area (Å²) in [7, 11) is 0. The maximum Gasteiger partial charge on any atom is 0.135 e. The number of rotatable bonds is 2. The van der Waals surface area contributed by atoms with Gasteiger partial charge in [-0.1, -0.05) is 24.6 Å². The Morgan fingerprint density at radius 2 is 1.81 bits per heavy atom. The van der Waals surface area contributed by atoms with E-state index in [0.29, 0.717) is 6.04 Å². The van der Waals surface area contributed by atoms with E-state index in [4.69, 9.17) is 4.42 Å². The van der Waals surface area contributed by atoms with Gasteiger partial charge in [-0.2, -0.15) is 0 Å². The van der Waals surface area contributed by atoms with E-state index >= 15 is 0 Å². The van der Waals surface area contributed by atoms with Crippen LogP contribution in [-0.2, 0) is 0 Å². The Morgan fingerprint density at radius 3 is 2.67 bits per heavy atom. The fourth-order valence-corrected chi connectivity index (χ4v) is 4.45. The largest absolute Gasteiger partial charge is 0.456 e. The molecule has 1 heterocycles. The molecule has 3 aromatic rings. The van der Waals surface area contributed by atoms with Gasteiger partial charge in [0, 0.05) is 22.5 Å². The summed E-state index contributed by atoms with van der Waals surface area (Å²) in [6.07, 6.45) is 5.66. The average molecular weight is 277 g/mol. The normalized spacial score (nSPS) is 27.7. The molecule has 21 heavy (non-hydrogen) atoms. The fourth-order valence-electron chi connectivity index (χ4n) is 4.45. The van der Waals surface area contributed by atoms with Crippen molar-refractivity contribution in [3.8, 4) is 0 Å². The second-order valence-corrected chi connectivity index (χ2v) is 6.73. The molecule has 106 valence electrons. The van der Waals surface area contributed by atoms with Crippen molar-refractivity contribution >= 4 is 27.6 Å². The summed E-state index contributed by atoms with van der Waals surface area (Å²) in [5.74, 6) is 1.87. The fraction of sp³-hybridized carbons (Fsp3) is 0.368. The van der Waals surface area contributed by atoms with Crippen LogP contribution in [0.1, 0.15) is 25.7 Å². The Kier molecular flexibility index (Phi) is 2.37. The zero-order valence-corrected chi connectivity index (χ0v) is 12.0. The maximum atomic E-state index is 5.90. The topological polar surface area (TPSA) is 25.2 Å². The van der Waals surface area contributed by atoms with Crippen LogP contribution in [0.5, 0.6) is 0 Å². The molecule has 2 aliphatic carbocycles. The van der Waals surface area contributed by atoms with E-state index in [0.717, 1.165) is 23.0 Å². The van der Waals surface area contributed by atoms with Crippen molar-refractivity contribution in [2.75, 3.05) is 5.32 Å². The van der Waals surface area contributed by atoms with Gasteiger partial charge in [0.25, 0.3) is 0 Å². The van der Waals surface area contributed by atoms with Crippen LogP contribution >= 0.6 is 0 Å². The van der Waals surface area contributed by atoms with Crippen molar-refractivity contribution in [1.29, 1.82) is 0 Å². The lowest BCUT2D eigenvalue weighted by atomic mass is 9.95. The highest BCUT2D eigenvalue weighted by Gasteiger charge is 2.39. The summed E-state index contributed by atoms with van der Waals surface area (Å²) in [5.41, 5.74) is 3.20. The van der Waals surface area contributed by atoms with Crippen molar-refractivity contribution in [2.45, 2.75) is 31.7 Å². The van der Waals surface area contributed by atoms with Crippen LogP contribution in [0.4, 0.5) is 5.69 Å². The van der Waals surface area contributed by atoms with Crippen LogP contribution in [0.2, 0.25) is 0 Å². The predicted octanol–water partition coefficient (Wildman–Crippen LogP) is 5.19. The van der Waals surface area contributed by atoms with Crippen molar-refractivity contribution in [1.82, 2.24) is 0 Å². The SMILES string of the molecule is c1ccc2c(c1)oc1ccc(NC3CC4CCC3C4)cc12. The first-order valence-corrected chi connectivity index (χ1v) is 8.05. The summed E-state index contributed by atoms with van der Waals surface area (Å²) in [6.45, 7) is 0. The van der Waals surface area contributed by atoms with E-state index in [1.165, 1.54) is 42.1 Å². The highest BCUT2D eigenvalue weighted by molar-refractivity contribution is 6.05. The lowest BCUT2D eigenvalue weighted by Crippen LogP contribution is -2.25. The highest BCUT2D eigenvalue weighted by Crippen LogP contribution is 2.45. The number of anilines is 1. The number of hydrogen-bond acceptors (Lipinski definition) is 2. The van der Waals surface area contributed by atoms with Gasteiger partial charge < -0.3 is 9.73 Å². The van der Waals surface area contributed by atoms with Gasteiger partial charge in [-0.15, -0.1) is 0 Å².